The van der Waals surface area contributed by atoms with Crippen molar-refractivity contribution in [2.45, 2.75) is 6.54 Å². The first-order valence-electron chi connectivity index (χ1n) is 5.78. The summed E-state index contributed by atoms with van der Waals surface area (Å²) in [7, 11) is 0. The molecule has 2 aromatic carbocycles. The van der Waals surface area contributed by atoms with Gasteiger partial charge in [0.2, 0.25) is 0 Å². The van der Waals surface area contributed by atoms with Crippen LogP contribution in [0.3, 0.4) is 0 Å². The Hall–Kier alpha value is -2.01. The van der Waals surface area contributed by atoms with Crippen molar-refractivity contribution in [3.63, 3.8) is 0 Å². The second-order valence-corrected chi connectivity index (χ2v) is 4.98. The lowest BCUT2D eigenvalue weighted by atomic mass is 10.2. The molecule has 0 unspecified atom stereocenters. The SMILES string of the molecule is Nc1cccc(NC(=O)NCc2cccc(Br)c2)c1. The van der Waals surface area contributed by atoms with Crippen LogP contribution in [0.15, 0.2) is 53.0 Å². The minimum atomic E-state index is -0.259. The van der Waals surface area contributed by atoms with Crippen LogP contribution < -0.4 is 16.4 Å². The molecule has 0 atom stereocenters. The maximum atomic E-state index is 11.7. The molecule has 0 radical (unpaired) electrons. The molecule has 0 aliphatic carbocycles. The van der Waals surface area contributed by atoms with Crippen LogP contribution in [0.1, 0.15) is 5.56 Å². The lowest BCUT2D eigenvalue weighted by molar-refractivity contribution is 0.251. The monoisotopic (exact) mass is 319 g/mol. The number of rotatable bonds is 3. The van der Waals surface area contributed by atoms with Crippen LogP contribution in [-0.2, 0) is 6.54 Å². The Labute approximate surface area is 120 Å². The first-order valence-corrected chi connectivity index (χ1v) is 6.57. The summed E-state index contributed by atoms with van der Waals surface area (Å²) in [6, 6.07) is 14.6. The Balaban J connectivity index is 1.88. The van der Waals surface area contributed by atoms with E-state index < -0.39 is 0 Å². The van der Waals surface area contributed by atoms with Gasteiger partial charge in [0.25, 0.3) is 0 Å². The predicted molar refractivity (Wildman–Crippen MR) is 80.9 cm³/mol. The number of benzene rings is 2. The number of halogens is 1. The molecule has 0 aromatic heterocycles. The summed E-state index contributed by atoms with van der Waals surface area (Å²) in [6.07, 6.45) is 0. The average molecular weight is 320 g/mol. The topological polar surface area (TPSA) is 67.1 Å². The van der Waals surface area contributed by atoms with E-state index in [2.05, 4.69) is 26.6 Å². The lowest BCUT2D eigenvalue weighted by Gasteiger charge is -2.08. The van der Waals surface area contributed by atoms with E-state index in [0.717, 1.165) is 10.0 Å². The van der Waals surface area contributed by atoms with Crippen molar-refractivity contribution in [3.05, 3.63) is 58.6 Å². The summed E-state index contributed by atoms with van der Waals surface area (Å²) in [6.45, 7) is 0.466. The highest BCUT2D eigenvalue weighted by Gasteiger charge is 2.02. The van der Waals surface area contributed by atoms with Gasteiger partial charge in [-0.3, -0.25) is 0 Å². The van der Waals surface area contributed by atoms with Crippen molar-refractivity contribution < 1.29 is 4.79 Å². The summed E-state index contributed by atoms with van der Waals surface area (Å²) in [5.41, 5.74) is 7.95. The summed E-state index contributed by atoms with van der Waals surface area (Å²) >= 11 is 3.39. The van der Waals surface area contributed by atoms with E-state index in [9.17, 15) is 4.79 Å². The van der Waals surface area contributed by atoms with Gasteiger partial charge in [-0.15, -0.1) is 0 Å². The van der Waals surface area contributed by atoms with E-state index in [0.29, 0.717) is 17.9 Å². The van der Waals surface area contributed by atoms with Crippen molar-refractivity contribution in [3.8, 4) is 0 Å². The highest BCUT2D eigenvalue weighted by Crippen LogP contribution is 2.12. The van der Waals surface area contributed by atoms with E-state index >= 15 is 0 Å². The zero-order valence-electron chi connectivity index (χ0n) is 10.2. The van der Waals surface area contributed by atoms with Crippen molar-refractivity contribution in [2.75, 3.05) is 11.1 Å². The van der Waals surface area contributed by atoms with E-state index in [1.165, 1.54) is 0 Å². The average Bonchev–Trinajstić information content (AvgIpc) is 2.36. The Kier molecular flexibility index (Phi) is 4.41. The Morgan fingerprint density at radius 2 is 1.95 bits per heavy atom. The third-order valence-corrected chi connectivity index (χ3v) is 2.98. The summed E-state index contributed by atoms with van der Waals surface area (Å²) in [5.74, 6) is 0. The molecule has 2 rings (SSSR count). The van der Waals surface area contributed by atoms with Gasteiger partial charge in [0.1, 0.15) is 0 Å². The standard InChI is InChI=1S/C14H14BrN3O/c15-11-4-1-3-10(7-11)9-17-14(19)18-13-6-2-5-12(16)8-13/h1-8H,9,16H2,(H2,17,18,19). The zero-order chi connectivity index (χ0) is 13.7. The highest BCUT2D eigenvalue weighted by atomic mass is 79.9. The number of nitrogens with one attached hydrogen (secondary N) is 2. The van der Waals surface area contributed by atoms with Gasteiger partial charge in [-0.1, -0.05) is 34.1 Å². The van der Waals surface area contributed by atoms with Crippen LogP contribution >= 0.6 is 15.9 Å². The molecule has 4 N–H and O–H groups in total. The van der Waals surface area contributed by atoms with Crippen molar-refractivity contribution in [2.24, 2.45) is 0 Å². The van der Waals surface area contributed by atoms with E-state index in [4.69, 9.17) is 5.73 Å². The number of anilines is 2. The largest absolute Gasteiger partial charge is 0.399 e. The number of carbonyl (C=O) groups excluding carboxylic acids is 1. The molecule has 2 aromatic rings. The van der Waals surface area contributed by atoms with Gasteiger partial charge in [0.05, 0.1) is 0 Å². The number of nitrogen functional groups attached to an aromatic ring is 1. The molecule has 0 fully saturated rings. The lowest BCUT2D eigenvalue weighted by Crippen LogP contribution is -2.28. The molecule has 0 spiro atoms. The molecule has 0 saturated carbocycles. The van der Waals surface area contributed by atoms with Crippen molar-refractivity contribution >= 4 is 33.3 Å². The number of nitrogens with two attached hydrogens (primary N) is 1. The van der Waals surface area contributed by atoms with Crippen LogP contribution in [0.4, 0.5) is 16.2 Å². The first-order chi connectivity index (χ1) is 9.13. The van der Waals surface area contributed by atoms with Crippen molar-refractivity contribution in [1.29, 1.82) is 0 Å². The number of hydrogen-bond acceptors (Lipinski definition) is 2. The molecule has 98 valence electrons. The number of urea groups is 1. The molecule has 0 bridgehead atoms. The molecule has 5 heteroatoms. The summed E-state index contributed by atoms with van der Waals surface area (Å²) in [4.78, 5) is 11.7. The van der Waals surface area contributed by atoms with Crippen LogP contribution in [0.2, 0.25) is 0 Å². The molecule has 0 saturated heterocycles. The minimum Gasteiger partial charge on any atom is -0.399 e. The van der Waals surface area contributed by atoms with Crippen molar-refractivity contribution in [1.82, 2.24) is 5.32 Å². The fourth-order valence-electron chi connectivity index (χ4n) is 1.62. The van der Waals surface area contributed by atoms with Gasteiger partial charge in [-0.2, -0.15) is 0 Å². The Morgan fingerprint density at radius 1 is 1.16 bits per heavy atom. The third kappa shape index (κ3) is 4.30. The summed E-state index contributed by atoms with van der Waals surface area (Å²) in [5, 5.41) is 5.51. The normalized spacial score (nSPS) is 9.95. The molecule has 19 heavy (non-hydrogen) atoms. The van der Waals surface area contributed by atoms with Gasteiger partial charge < -0.3 is 16.4 Å². The number of carbonyl (C=O) groups is 1. The fourth-order valence-corrected chi connectivity index (χ4v) is 2.07. The van der Waals surface area contributed by atoms with Crippen LogP contribution in [0.25, 0.3) is 0 Å². The third-order valence-electron chi connectivity index (χ3n) is 2.49. The van der Waals surface area contributed by atoms with E-state index in [1.54, 1.807) is 24.3 Å². The smallest absolute Gasteiger partial charge is 0.319 e. The molecule has 0 aliphatic rings. The number of hydrogen-bond donors (Lipinski definition) is 3. The second kappa shape index (κ2) is 6.24. The molecular weight excluding hydrogens is 306 g/mol. The van der Waals surface area contributed by atoms with Gasteiger partial charge in [-0.05, 0) is 35.9 Å². The van der Waals surface area contributed by atoms with Crippen LogP contribution in [0, 0.1) is 0 Å². The van der Waals surface area contributed by atoms with Crippen LogP contribution in [0.5, 0.6) is 0 Å². The maximum Gasteiger partial charge on any atom is 0.319 e. The summed E-state index contributed by atoms with van der Waals surface area (Å²) < 4.78 is 0.989. The van der Waals surface area contributed by atoms with Crippen LogP contribution in [-0.4, -0.2) is 6.03 Å². The highest BCUT2D eigenvalue weighted by molar-refractivity contribution is 9.10. The second-order valence-electron chi connectivity index (χ2n) is 4.06. The van der Waals surface area contributed by atoms with Gasteiger partial charge >= 0.3 is 6.03 Å². The maximum absolute atomic E-state index is 11.7. The zero-order valence-corrected chi connectivity index (χ0v) is 11.8. The predicted octanol–water partition coefficient (Wildman–Crippen LogP) is 3.35. The van der Waals surface area contributed by atoms with E-state index in [-0.39, 0.29) is 6.03 Å². The van der Waals surface area contributed by atoms with Gasteiger partial charge in [0.15, 0.2) is 0 Å². The molecular formula is C14H14BrN3O. The Morgan fingerprint density at radius 3 is 2.68 bits per heavy atom. The fraction of sp³-hybridized carbons (Fsp3) is 0.0714. The molecule has 2 amide bonds. The van der Waals surface area contributed by atoms with Gasteiger partial charge in [0, 0.05) is 22.4 Å². The Bertz CT molecular complexity index is 586. The molecule has 0 aliphatic heterocycles. The quantitative estimate of drug-likeness (QED) is 0.759. The van der Waals surface area contributed by atoms with Gasteiger partial charge in [-0.25, -0.2) is 4.79 Å². The van der Waals surface area contributed by atoms with E-state index in [1.807, 2.05) is 24.3 Å². The molecule has 4 nitrogen and oxygen atoms in total. The number of amides is 2. The molecule has 0 heterocycles. The first kappa shape index (κ1) is 13.4. The minimum absolute atomic E-state index is 0.259.